The van der Waals surface area contributed by atoms with Crippen molar-refractivity contribution < 1.29 is 19.1 Å². The zero-order valence-electron chi connectivity index (χ0n) is 17.5. The number of pyridine rings is 1. The van der Waals surface area contributed by atoms with Gasteiger partial charge >= 0.3 is 0 Å². The number of benzene rings is 1. The molecule has 4 rings (SSSR count). The van der Waals surface area contributed by atoms with E-state index in [0.29, 0.717) is 24.2 Å². The number of nitrogens with one attached hydrogen (secondary N) is 1. The highest BCUT2D eigenvalue weighted by Gasteiger charge is 2.52. The van der Waals surface area contributed by atoms with Crippen molar-refractivity contribution in [2.24, 2.45) is 0 Å². The molecule has 0 bridgehead atoms. The molecular formula is C22H21Br2FN4O3. The molecule has 0 spiro atoms. The number of carbonyl (C=O) groups excluding carboxylic acids is 2. The third kappa shape index (κ3) is 3.84. The lowest BCUT2D eigenvalue weighted by atomic mass is 9.90. The number of halogens is 3. The Kier molecular flexibility index (Phi) is 6.12. The van der Waals surface area contributed by atoms with Crippen molar-refractivity contribution in [3.05, 3.63) is 67.7 Å². The minimum absolute atomic E-state index is 0.0481. The van der Waals surface area contributed by atoms with Crippen molar-refractivity contribution in [3.63, 3.8) is 0 Å². The molecule has 2 amide bonds. The van der Waals surface area contributed by atoms with Gasteiger partial charge in [-0.05, 0) is 82.3 Å². The topological polar surface area (TPSA) is 85.8 Å². The molecule has 2 N–H and O–H groups in total. The van der Waals surface area contributed by atoms with E-state index in [9.17, 15) is 19.1 Å². The number of fused-ring (bicyclic) bond motifs is 1. The standard InChI is InChI=1S/C22H21Br2FN4O3/c1-12-14(23)7-8-16(26-12)27-20(31)17-19(30)22(2)9-4-10-29(22)28(21(17)32)11-13-5-3-6-15(25)18(13)24/h3,5-8,30H,4,9-11H2,1-2H3,(H,26,27,31)/t22-/m1/s1. The van der Waals surface area contributed by atoms with E-state index in [4.69, 9.17) is 0 Å². The molecule has 168 valence electrons. The number of rotatable bonds is 4. The Morgan fingerprint density at radius 3 is 2.78 bits per heavy atom. The SMILES string of the molecule is Cc1nc(NC(=O)C2=C(O)[C@@]3(C)CCCN3N(Cc3cccc(F)c3Br)C2=O)ccc1Br. The monoisotopic (exact) mass is 566 g/mol. The quantitative estimate of drug-likeness (QED) is 0.527. The molecule has 32 heavy (non-hydrogen) atoms. The first-order valence-corrected chi connectivity index (χ1v) is 11.6. The van der Waals surface area contributed by atoms with E-state index in [1.54, 1.807) is 43.1 Å². The van der Waals surface area contributed by atoms with Crippen LogP contribution in [0.5, 0.6) is 0 Å². The summed E-state index contributed by atoms with van der Waals surface area (Å²) in [6, 6.07) is 7.94. The lowest BCUT2D eigenvalue weighted by Crippen LogP contribution is -2.60. The Balaban J connectivity index is 1.71. The highest BCUT2D eigenvalue weighted by molar-refractivity contribution is 9.10. The van der Waals surface area contributed by atoms with Crippen LogP contribution < -0.4 is 5.32 Å². The van der Waals surface area contributed by atoms with Crippen LogP contribution in [0.3, 0.4) is 0 Å². The van der Waals surface area contributed by atoms with Gasteiger partial charge in [0.05, 0.1) is 22.3 Å². The van der Waals surface area contributed by atoms with E-state index >= 15 is 0 Å². The van der Waals surface area contributed by atoms with Gasteiger partial charge in [-0.3, -0.25) is 14.6 Å². The fourth-order valence-electron chi connectivity index (χ4n) is 4.17. The predicted molar refractivity (Wildman–Crippen MR) is 124 cm³/mol. The molecular weight excluding hydrogens is 547 g/mol. The lowest BCUT2D eigenvalue weighted by molar-refractivity contribution is -0.160. The number of aliphatic hydroxyl groups is 1. The molecule has 0 unspecified atom stereocenters. The molecule has 3 heterocycles. The van der Waals surface area contributed by atoms with Gasteiger partial charge in [0.25, 0.3) is 11.8 Å². The Hall–Kier alpha value is -2.30. The first kappa shape index (κ1) is 22.9. The molecule has 0 radical (unpaired) electrons. The van der Waals surface area contributed by atoms with Crippen LogP contribution in [-0.2, 0) is 16.1 Å². The van der Waals surface area contributed by atoms with Crippen LogP contribution in [0.15, 0.2) is 50.6 Å². The summed E-state index contributed by atoms with van der Waals surface area (Å²) in [5.41, 5.74) is -0.0225. The third-order valence-corrected chi connectivity index (χ3v) is 7.66. The second kappa shape index (κ2) is 8.57. The molecule has 1 aromatic carbocycles. The van der Waals surface area contributed by atoms with Gasteiger partial charge < -0.3 is 10.4 Å². The smallest absolute Gasteiger partial charge is 0.277 e. The second-order valence-electron chi connectivity index (χ2n) is 8.02. The van der Waals surface area contributed by atoms with E-state index in [2.05, 4.69) is 42.2 Å². The fourth-order valence-corrected chi connectivity index (χ4v) is 4.78. The van der Waals surface area contributed by atoms with Crippen LogP contribution >= 0.6 is 31.9 Å². The zero-order valence-corrected chi connectivity index (χ0v) is 20.6. The summed E-state index contributed by atoms with van der Waals surface area (Å²) >= 11 is 6.60. The summed E-state index contributed by atoms with van der Waals surface area (Å²) in [6.07, 6.45) is 1.30. The molecule has 2 aromatic rings. The molecule has 2 aliphatic rings. The average Bonchev–Trinajstić information content (AvgIpc) is 3.14. The molecule has 0 saturated carbocycles. The van der Waals surface area contributed by atoms with Crippen molar-refractivity contribution in [2.45, 2.75) is 38.8 Å². The Bertz CT molecular complexity index is 1160. The highest BCUT2D eigenvalue weighted by atomic mass is 79.9. The molecule has 1 saturated heterocycles. The Morgan fingerprint density at radius 2 is 2.06 bits per heavy atom. The molecule has 1 aromatic heterocycles. The number of hydrazine groups is 1. The molecule has 0 aliphatic carbocycles. The zero-order chi connectivity index (χ0) is 23.2. The molecule has 1 fully saturated rings. The van der Waals surface area contributed by atoms with E-state index in [-0.39, 0.29) is 28.2 Å². The minimum atomic E-state index is -0.913. The summed E-state index contributed by atoms with van der Waals surface area (Å²) in [5, 5.41) is 16.8. The number of aryl methyl sites for hydroxylation is 1. The van der Waals surface area contributed by atoms with E-state index in [1.165, 1.54) is 11.1 Å². The van der Waals surface area contributed by atoms with Gasteiger partial charge in [0.15, 0.2) is 0 Å². The van der Waals surface area contributed by atoms with Crippen LogP contribution in [0.1, 0.15) is 31.0 Å². The first-order valence-electron chi connectivity index (χ1n) is 10.0. The van der Waals surface area contributed by atoms with Gasteiger partial charge in [0.1, 0.15) is 23.0 Å². The van der Waals surface area contributed by atoms with Crippen LogP contribution in [0.2, 0.25) is 0 Å². The number of hydrogen-bond acceptors (Lipinski definition) is 5. The Labute approximate surface area is 201 Å². The molecule has 2 aliphatic heterocycles. The summed E-state index contributed by atoms with van der Waals surface area (Å²) in [6.45, 7) is 4.15. The number of aromatic nitrogens is 1. The van der Waals surface area contributed by atoms with Gasteiger partial charge in [-0.1, -0.05) is 12.1 Å². The maximum Gasteiger partial charge on any atom is 0.277 e. The molecule has 10 heteroatoms. The number of amides is 2. The van der Waals surface area contributed by atoms with Gasteiger partial charge in [-0.25, -0.2) is 14.4 Å². The summed E-state index contributed by atoms with van der Waals surface area (Å²) in [5.74, 6) is -1.82. The molecule has 7 nitrogen and oxygen atoms in total. The van der Waals surface area contributed by atoms with Crippen molar-refractivity contribution >= 4 is 49.5 Å². The van der Waals surface area contributed by atoms with Gasteiger partial charge in [-0.15, -0.1) is 0 Å². The normalized spacial score (nSPS) is 21.2. The number of carbonyl (C=O) groups is 2. The third-order valence-electron chi connectivity index (χ3n) is 5.93. The van der Waals surface area contributed by atoms with Gasteiger partial charge in [-0.2, -0.15) is 0 Å². The fraction of sp³-hybridized carbons (Fsp3) is 0.318. The number of hydrogen-bond donors (Lipinski definition) is 2. The van der Waals surface area contributed by atoms with Crippen LogP contribution in [0.4, 0.5) is 10.2 Å². The van der Waals surface area contributed by atoms with E-state index in [0.717, 1.165) is 10.9 Å². The summed E-state index contributed by atoms with van der Waals surface area (Å²) < 4.78 is 15.1. The molecule has 1 atom stereocenters. The summed E-state index contributed by atoms with van der Waals surface area (Å²) in [7, 11) is 0. The summed E-state index contributed by atoms with van der Waals surface area (Å²) in [4.78, 5) is 30.8. The number of aliphatic hydroxyl groups excluding tert-OH is 1. The maximum atomic E-state index is 14.1. The highest BCUT2D eigenvalue weighted by Crippen LogP contribution is 2.42. The number of nitrogens with zero attached hydrogens (tertiary/aromatic N) is 3. The number of anilines is 1. The van der Waals surface area contributed by atoms with E-state index in [1.807, 2.05) is 0 Å². The average molecular weight is 568 g/mol. The van der Waals surface area contributed by atoms with Crippen LogP contribution in [-0.4, -0.2) is 44.0 Å². The van der Waals surface area contributed by atoms with Crippen molar-refractivity contribution in [2.75, 3.05) is 11.9 Å². The first-order chi connectivity index (χ1) is 15.1. The minimum Gasteiger partial charge on any atom is -0.509 e. The van der Waals surface area contributed by atoms with Crippen molar-refractivity contribution in [3.8, 4) is 0 Å². The second-order valence-corrected chi connectivity index (χ2v) is 9.67. The maximum absolute atomic E-state index is 14.1. The van der Waals surface area contributed by atoms with E-state index < -0.39 is 23.2 Å². The van der Waals surface area contributed by atoms with Crippen LogP contribution in [0.25, 0.3) is 0 Å². The lowest BCUT2D eigenvalue weighted by Gasteiger charge is -2.46. The van der Waals surface area contributed by atoms with Gasteiger partial charge in [0, 0.05) is 11.0 Å². The predicted octanol–water partition coefficient (Wildman–Crippen LogP) is 4.62. The van der Waals surface area contributed by atoms with Crippen LogP contribution in [0, 0.1) is 12.7 Å². The Morgan fingerprint density at radius 1 is 1.31 bits per heavy atom. The van der Waals surface area contributed by atoms with Crippen molar-refractivity contribution in [1.82, 2.24) is 15.0 Å². The largest absolute Gasteiger partial charge is 0.509 e. The van der Waals surface area contributed by atoms with Gasteiger partial charge in [0.2, 0.25) is 0 Å². The van der Waals surface area contributed by atoms with Crippen molar-refractivity contribution in [1.29, 1.82) is 0 Å².